The molecule has 2 heteroatoms. The number of rotatable bonds is 6. The second-order valence-corrected chi connectivity index (χ2v) is 3.94. The van der Waals surface area contributed by atoms with Gasteiger partial charge in [-0.2, -0.15) is 11.3 Å². The second-order valence-electron chi connectivity index (χ2n) is 3.16. The Balaban J connectivity index is 2.18. The molecular weight excluding hydrogens is 178 g/mol. The summed E-state index contributed by atoms with van der Waals surface area (Å²) >= 11 is 1.76. The average molecular weight is 195 g/mol. The number of hydrogen-bond donors (Lipinski definition) is 1. The smallest absolute Gasteiger partial charge is 0.0300 e. The molecule has 13 heavy (non-hydrogen) atoms. The van der Waals surface area contributed by atoms with Crippen molar-refractivity contribution in [3.05, 3.63) is 35.0 Å². The maximum atomic E-state index is 3.70. The second kappa shape index (κ2) is 5.95. The quantitative estimate of drug-likeness (QED) is 0.542. The van der Waals surface area contributed by atoms with Gasteiger partial charge in [0.1, 0.15) is 0 Å². The summed E-state index contributed by atoms with van der Waals surface area (Å²) in [5.74, 6) is 0. The highest BCUT2D eigenvalue weighted by Crippen LogP contribution is 2.15. The molecule has 1 rings (SSSR count). The van der Waals surface area contributed by atoms with Crippen LogP contribution in [0.1, 0.15) is 31.4 Å². The Morgan fingerprint density at radius 3 is 3.15 bits per heavy atom. The molecule has 0 bridgehead atoms. The molecule has 72 valence electrons. The maximum Gasteiger partial charge on any atom is 0.0300 e. The van der Waals surface area contributed by atoms with Gasteiger partial charge in [-0.05, 0) is 48.7 Å². The third-order valence-electron chi connectivity index (χ3n) is 2.08. The molecular formula is C11H17NS. The Hall–Kier alpha value is -0.600. The molecule has 0 aliphatic rings. The fraction of sp³-hybridized carbons (Fsp3) is 0.455. The van der Waals surface area contributed by atoms with Crippen molar-refractivity contribution in [2.24, 2.45) is 0 Å². The largest absolute Gasteiger partial charge is 0.310 e. The minimum Gasteiger partial charge on any atom is -0.310 e. The summed E-state index contributed by atoms with van der Waals surface area (Å²) in [7, 11) is 0. The van der Waals surface area contributed by atoms with E-state index >= 15 is 0 Å². The average Bonchev–Trinajstić information content (AvgIpc) is 2.65. The van der Waals surface area contributed by atoms with Crippen LogP contribution in [0.5, 0.6) is 0 Å². The molecule has 0 amide bonds. The highest BCUT2D eigenvalue weighted by atomic mass is 32.1. The molecule has 1 nitrogen and oxygen atoms in total. The molecule has 1 heterocycles. The van der Waals surface area contributed by atoms with Gasteiger partial charge in [-0.1, -0.05) is 6.08 Å². The SMILES string of the molecule is C=CCCCNC(C)c1ccsc1. The molecule has 0 saturated heterocycles. The van der Waals surface area contributed by atoms with E-state index in [1.165, 1.54) is 12.0 Å². The lowest BCUT2D eigenvalue weighted by Gasteiger charge is -2.11. The van der Waals surface area contributed by atoms with Crippen molar-refractivity contribution in [1.82, 2.24) is 5.32 Å². The molecule has 1 atom stereocenters. The Kier molecular flexibility index (Phi) is 4.79. The first-order chi connectivity index (χ1) is 6.34. The first-order valence-corrected chi connectivity index (χ1v) is 5.65. The highest BCUT2D eigenvalue weighted by Gasteiger charge is 2.02. The lowest BCUT2D eigenvalue weighted by molar-refractivity contribution is 0.562. The molecule has 0 fully saturated rings. The monoisotopic (exact) mass is 195 g/mol. The van der Waals surface area contributed by atoms with Crippen molar-refractivity contribution in [2.45, 2.75) is 25.8 Å². The van der Waals surface area contributed by atoms with E-state index in [9.17, 15) is 0 Å². The summed E-state index contributed by atoms with van der Waals surface area (Å²) in [4.78, 5) is 0. The first kappa shape index (κ1) is 10.5. The van der Waals surface area contributed by atoms with Gasteiger partial charge in [-0.15, -0.1) is 6.58 Å². The van der Waals surface area contributed by atoms with Gasteiger partial charge in [0.2, 0.25) is 0 Å². The van der Waals surface area contributed by atoms with E-state index in [4.69, 9.17) is 0 Å². The topological polar surface area (TPSA) is 12.0 Å². The molecule has 0 saturated carbocycles. The third-order valence-corrected chi connectivity index (χ3v) is 2.78. The van der Waals surface area contributed by atoms with Crippen LogP contribution in [-0.4, -0.2) is 6.54 Å². The maximum absolute atomic E-state index is 3.70. The molecule has 1 unspecified atom stereocenters. The van der Waals surface area contributed by atoms with E-state index in [1.807, 2.05) is 6.08 Å². The number of unbranched alkanes of at least 4 members (excludes halogenated alkanes) is 1. The van der Waals surface area contributed by atoms with Crippen molar-refractivity contribution in [1.29, 1.82) is 0 Å². The van der Waals surface area contributed by atoms with Crippen LogP contribution in [-0.2, 0) is 0 Å². The number of hydrogen-bond acceptors (Lipinski definition) is 2. The predicted molar refractivity (Wildman–Crippen MR) is 60.2 cm³/mol. The van der Waals surface area contributed by atoms with E-state index in [2.05, 4.69) is 35.6 Å². The zero-order valence-electron chi connectivity index (χ0n) is 8.12. The van der Waals surface area contributed by atoms with Crippen molar-refractivity contribution < 1.29 is 0 Å². The van der Waals surface area contributed by atoms with Crippen LogP contribution in [0, 0.1) is 0 Å². The molecule has 1 aromatic heterocycles. The predicted octanol–water partition coefficient (Wildman–Crippen LogP) is 3.36. The Morgan fingerprint density at radius 2 is 2.54 bits per heavy atom. The van der Waals surface area contributed by atoms with E-state index in [0.717, 1.165) is 13.0 Å². The van der Waals surface area contributed by atoms with Crippen LogP contribution in [0.2, 0.25) is 0 Å². The van der Waals surface area contributed by atoms with Crippen LogP contribution < -0.4 is 5.32 Å². The fourth-order valence-corrected chi connectivity index (χ4v) is 1.96. The fourth-order valence-electron chi connectivity index (χ4n) is 1.20. The van der Waals surface area contributed by atoms with Gasteiger partial charge >= 0.3 is 0 Å². The summed E-state index contributed by atoms with van der Waals surface area (Å²) in [5, 5.41) is 7.80. The standard InChI is InChI=1S/C11H17NS/c1-3-4-5-7-12-10(2)11-6-8-13-9-11/h3,6,8-10,12H,1,4-5,7H2,2H3. The zero-order chi connectivity index (χ0) is 9.52. The Morgan fingerprint density at radius 1 is 1.69 bits per heavy atom. The summed E-state index contributed by atoms with van der Waals surface area (Å²) in [6.45, 7) is 6.98. The molecule has 0 radical (unpaired) electrons. The third kappa shape index (κ3) is 3.75. The van der Waals surface area contributed by atoms with Gasteiger partial charge in [0.25, 0.3) is 0 Å². The minimum atomic E-state index is 0.482. The minimum absolute atomic E-state index is 0.482. The van der Waals surface area contributed by atoms with Crippen molar-refractivity contribution in [2.75, 3.05) is 6.54 Å². The van der Waals surface area contributed by atoms with E-state index in [-0.39, 0.29) is 0 Å². The highest BCUT2D eigenvalue weighted by molar-refractivity contribution is 7.07. The summed E-state index contributed by atoms with van der Waals surface area (Å²) in [6.07, 6.45) is 4.25. The number of thiophene rings is 1. The molecule has 0 aliphatic carbocycles. The van der Waals surface area contributed by atoms with Gasteiger partial charge in [0, 0.05) is 6.04 Å². The van der Waals surface area contributed by atoms with Crippen LogP contribution in [0.4, 0.5) is 0 Å². The molecule has 0 aliphatic heterocycles. The number of nitrogens with one attached hydrogen (secondary N) is 1. The summed E-state index contributed by atoms with van der Waals surface area (Å²) < 4.78 is 0. The molecule has 0 spiro atoms. The van der Waals surface area contributed by atoms with Crippen LogP contribution >= 0.6 is 11.3 Å². The van der Waals surface area contributed by atoms with Gasteiger partial charge < -0.3 is 5.32 Å². The van der Waals surface area contributed by atoms with Crippen LogP contribution in [0.15, 0.2) is 29.5 Å². The van der Waals surface area contributed by atoms with Crippen molar-refractivity contribution in [3.63, 3.8) is 0 Å². The van der Waals surface area contributed by atoms with E-state index in [0.29, 0.717) is 6.04 Å². The Labute approximate surface area is 84.5 Å². The van der Waals surface area contributed by atoms with Crippen LogP contribution in [0.25, 0.3) is 0 Å². The Bertz CT molecular complexity index is 228. The van der Waals surface area contributed by atoms with Gasteiger partial charge in [-0.3, -0.25) is 0 Å². The lowest BCUT2D eigenvalue weighted by Crippen LogP contribution is -2.19. The summed E-state index contributed by atoms with van der Waals surface area (Å²) in [6, 6.07) is 2.66. The first-order valence-electron chi connectivity index (χ1n) is 4.71. The van der Waals surface area contributed by atoms with Gasteiger partial charge in [0.15, 0.2) is 0 Å². The van der Waals surface area contributed by atoms with Crippen molar-refractivity contribution >= 4 is 11.3 Å². The molecule has 1 aromatic rings. The zero-order valence-corrected chi connectivity index (χ0v) is 8.94. The molecule has 1 N–H and O–H groups in total. The summed E-state index contributed by atoms with van der Waals surface area (Å²) in [5.41, 5.74) is 1.39. The lowest BCUT2D eigenvalue weighted by atomic mass is 10.2. The van der Waals surface area contributed by atoms with Gasteiger partial charge in [0.05, 0.1) is 0 Å². The van der Waals surface area contributed by atoms with Crippen molar-refractivity contribution in [3.8, 4) is 0 Å². The van der Waals surface area contributed by atoms with Crippen LogP contribution in [0.3, 0.4) is 0 Å². The van der Waals surface area contributed by atoms with E-state index in [1.54, 1.807) is 11.3 Å². The number of allylic oxidation sites excluding steroid dienone is 1. The van der Waals surface area contributed by atoms with E-state index < -0.39 is 0 Å². The normalized spacial score (nSPS) is 12.7. The van der Waals surface area contributed by atoms with Gasteiger partial charge in [-0.25, -0.2) is 0 Å². The molecule has 0 aromatic carbocycles.